The minimum Gasteiger partial charge on any atom is -0.325 e. The summed E-state index contributed by atoms with van der Waals surface area (Å²) in [5, 5.41) is 3.85. The Morgan fingerprint density at radius 2 is 1.50 bits per heavy atom. The number of nitrogens with zero attached hydrogens (tertiary/aromatic N) is 1. The molecule has 1 amide bonds. The van der Waals surface area contributed by atoms with E-state index < -0.39 is 0 Å². The average molecular weight is 356 g/mol. The molecule has 2 fully saturated rings. The van der Waals surface area contributed by atoms with E-state index in [9.17, 15) is 4.79 Å². The first-order valence-corrected chi connectivity index (χ1v) is 7.38. The molecule has 3 nitrogen and oxygen atoms in total. The van der Waals surface area contributed by atoms with Crippen molar-refractivity contribution in [3.8, 4) is 0 Å². The molecule has 2 saturated carbocycles. The molecule has 24 heavy (non-hydrogen) atoms. The minimum atomic E-state index is -0.101. The number of anilines is 1. The Morgan fingerprint density at radius 3 is 2.17 bits per heavy atom. The monoisotopic (exact) mass is 356 g/mol. The maximum absolute atomic E-state index is 12.0. The molecule has 0 saturated heterocycles. The van der Waals surface area contributed by atoms with Crippen molar-refractivity contribution in [1.29, 1.82) is 0 Å². The van der Waals surface area contributed by atoms with Gasteiger partial charge in [0.25, 0.3) is 0 Å². The normalized spacial score (nSPS) is 17.0. The van der Waals surface area contributed by atoms with Crippen LogP contribution in [0.15, 0.2) is 36.5 Å². The number of benzene rings is 1. The SMILES string of the molecule is O=C(Nc1cccc2ncccc12)[C]1[CH][CH][CH][CH]1.[CH]1[CH][CH][CH][CH]1.[Fe+2]. The van der Waals surface area contributed by atoms with E-state index in [-0.39, 0.29) is 23.0 Å². The van der Waals surface area contributed by atoms with Gasteiger partial charge in [0.1, 0.15) is 0 Å². The van der Waals surface area contributed by atoms with Gasteiger partial charge in [0.05, 0.1) is 17.1 Å². The van der Waals surface area contributed by atoms with Gasteiger partial charge < -0.3 is 5.32 Å². The van der Waals surface area contributed by atoms with Crippen molar-refractivity contribution < 1.29 is 21.9 Å². The van der Waals surface area contributed by atoms with E-state index in [2.05, 4.69) is 10.3 Å². The summed E-state index contributed by atoms with van der Waals surface area (Å²) in [6.07, 6.45) is 19.0. The molecule has 0 bridgehead atoms. The number of pyridine rings is 1. The Bertz CT molecular complexity index is 636. The van der Waals surface area contributed by atoms with E-state index in [4.69, 9.17) is 0 Å². The molecule has 118 valence electrons. The first-order valence-electron chi connectivity index (χ1n) is 7.38. The molecule has 0 aliphatic heterocycles. The zero-order chi connectivity index (χ0) is 15.9. The molecule has 10 radical (unpaired) electrons. The van der Waals surface area contributed by atoms with Crippen LogP contribution >= 0.6 is 0 Å². The Morgan fingerprint density at radius 1 is 0.833 bits per heavy atom. The molecule has 0 unspecified atom stereocenters. The number of rotatable bonds is 2. The summed E-state index contributed by atoms with van der Waals surface area (Å²) in [4.78, 5) is 16.2. The molecule has 1 heterocycles. The third-order valence-electron chi connectivity index (χ3n) is 3.37. The molecule has 0 spiro atoms. The summed E-state index contributed by atoms with van der Waals surface area (Å²) in [6, 6.07) is 9.50. The fraction of sp³-hybridized carbons (Fsp3) is 0. The number of fused-ring (bicyclic) bond motifs is 1. The van der Waals surface area contributed by atoms with Gasteiger partial charge in [-0.15, -0.1) is 0 Å². The van der Waals surface area contributed by atoms with Crippen LogP contribution in [0.4, 0.5) is 5.69 Å². The molecular formula is C20H16FeN2O+2. The predicted molar refractivity (Wildman–Crippen MR) is 92.3 cm³/mol. The molecule has 4 rings (SSSR count). The Kier molecular flexibility index (Phi) is 7.74. The molecule has 1 N–H and O–H groups in total. The second-order valence-corrected chi connectivity index (χ2v) is 4.97. The molecule has 2 aliphatic rings. The van der Waals surface area contributed by atoms with Gasteiger partial charge in [-0.1, -0.05) is 6.07 Å². The van der Waals surface area contributed by atoms with Gasteiger partial charge >= 0.3 is 17.1 Å². The summed E-state index contributed by atoms with van der Waals surface area (Å²) < 4.78 is 0. The number of nitrogens with one attached hydrogen (secondary N) is 1. The number of hydrogen-bond donors (Lipinski definition) is 1. The van der Waals surface area contributed by atoms with E-state index in [1.165, 1.54) is 0 Å². The summed E-state index contributed by atoms with van der Waals surface area (Å²) in [5.41, 5.74) is 1.66. The van der Waals surface area contributed by atoms with E-state index in [0.717, 1.165) is 16.6 Å². The standard InChI is InChI=1S/C15H11N2O.C5H5.Fe/c18-15(11-5-1-2-6-11)17-14-9-3-8-13-12(14)7-4-10-16-13;1-2-4-5-3-1;/h1-10H,(H,17,18);1-5H;/q;;+2. The molecular weight excluding hydrogens is 340 g/mol. The summed E-state index contributed by atoms with van der Waals surface area (Å²) in [5.74, 6) is 0.562. The number of amides is 1. The second kappa shape index (κ2) is 9.80. The Hall–Kier alpha value is -1.38. The van der Waals surface area contributed by atoms with Crippen LogP contribution < -0.4 is 5.32 Å². The quantitative estimate of drug-likeness (QED) is 0.836. The fourth-order valence-electron chi connectivity index (χ4n) is 2.25. The van der Waals surface area contributed by atoms with Crippen LogP contribution in [0.3, 0.4) is 0 Å². The fourth-order valence-corrected chi connectivity index (χ4v) is 2.25. The first-order chi connectivity index (χ1) is 11.3. The summed E-state index contributed by atoms with van der Waals surface area (Å²) in [7, 11) is 0. The molecule has 1 aromatic carbocycles. The zero-order valence-electron chi connectivity index (χ0n) is 12.9. The van der Waals surface area contributed by atoms with Crippen LogP contribution in [-0.2, 0) is 21.9 Å². The maximum Gasteiger partial charge on any atom is 2.00 e. The van der Waals surface area contributed by atoms with Gasteiger partial charge in [-0.25, -0.2) is 0 Å². The minimum absolute atomic E-state index is 0. The Labute approximate surface area is 155 Å². The number of aromatic nitrogens is 1. The maximum atomic E-state index is 12.0. The van der Waals surface area contributed by atoms with E-state index in [0.29, 0.717) is 5.92 Å². The third kappa shape index (κ3) is 5.06. The smallest absolute Gasteiger partial charge is 0.325 e. The van der Waals surface area contributed by atoms with Crippen LogP contribution in [0.5, 0.6) is 0 Å². The molecule has 2 aliphatic carbocycles. The molecule has 4 heteroatoms. The molecule has 1 aromatic heterocycles. The van der Waals surface area contributed by atoms with E-state index in [1.54, 1.807) is 19.0 Å². The van der Waals surface area contributed by atoms with E-state index >= 15 is 0 Å². The summed E-state index contributed by atoms with van der Waals surface area (Å²) >= 11 is 0. The number of carbonyl (C=O) groups is 1. The van der Waals surface area contributed by atoms with Crippen molar-refractivity contribution in [3.05, 3.63) is 100 Å². The van der Waals surface area contributed by atoms with Crippen molar-refractivity contribution in [2.45, 2.75) is 0 Å². The molecule has 0 atom stereocenters. The van der Waals surface area contributed by atoms with Crippen LogP contribution in [0.25, 0.3) is 10.9 Å². The van der Waals surface area contributed by atoms with Crippen molar-refractivity contribution >= 4 is 22.5 Å². The first kappa shape index (κ1) is 19.0. The van der Waals surface area contributed by atoms with Crippen molar-refractivity contribution in [3.63, 3.8) is 0 Å². The Balaban J connectivity index is 0.000000300. The second-order valence-electron chi connectivity index (χ2n) is 4.97. The largest absolute Gasteiger partial charge is 2.00 e. The van der Waals surface area contributed by atoms with Gasteiger partial charge in [-0.2, -0.15) is 0 Å². The topological polar surface area (TPSA) is 42.0 Å². The molecule has 2 aromatic rings. The van der Waals surface area contributed by atoms with Crippen LogP contribution in [-0.4, -0.2) is 10.9 Å². The number of hydrogen-bond acceptors (Lipinski definition) is 2. The van der Waals surface area contributed by atoms with Crippen LogP contribution in [0.2, 0.25) is 0 Å². The van der Waals surface area contributed by atoms with Gasteiger partial charge in [-0.05, 0) is 82.1 Å². The van der Waals surface area contributed by atoms with Gasteiger partial charge in [0.15, 0.2) is 0 Å². The van der Waals surface area contributed by atoms with Crippen LogP contribution in [0, 0.1) is 63.7 Å². The van der Waals surface area contributed by atoms with Gasteiger partial charge in [-0.3, -0.25) is 9.78 Å². The van der Waals surface area contributed by atoms with Crippen molar-refractivity contribution in [2.24, 2.45) is 0 Å². The van der Waals surface area contributed by atoms with Crippen molar-refractivity contribution in [1.82, 2.24) is 4.98 Å². The predicted octanol–water partition coefficient (Wildman–Crippen LogP) is 3.60. The summed E-state index contributed by atoms with van der Waals surface area (Å²) in [6.45, 7) is 0. The van der Waals surface area contributed by atoms with Gasteiger partial charge in [0.2, 0.25) is 5.91 Å². The van der Waals surface area contributed by atoms with E-state index in [1.807, 2.05) is 75.3 Å². The average Bonchev–Trinajstić information content (AvgIpc) is 3.31. The van der Waals surface area contributed by atoms with Crippen LogP contribution in [0.1, 0.15) is 0 Å². The third-order valence-corrected chi connectivity index (χ3v) is 3.37. The van der Waals surface area contributed by atoms with Gasteiger partial charge in [0, 0.05) is 11.6 Å². The number of carbonyl (C=O) groups excluding carboxylic acids is 1. The van der Waals surface area contributed by atoms with Crippen molar-refractivity contribution in [2.75, 3.05) is 5.32 Å². The zero-order valence-corrected chi connectivity index (χ0v) is 14.0.